The van der Waals surface area contributed by atoms with E-state index in [9.17, 15) is 26.0 Å². The molecule has 178 valence electrons. The maximum absolute atomic E-state index is 13.9. The molecule has 1 heterocycles. The quantitative estimate of drug-likeness (QED) is 0.554. The van der Waals surface area contributed by atoms with E-state index in [2.05, 4.69) is 4.72 Å². The summed E-state index contributed by atoms with van der Waals surface area (Å²) < 4.78 is 67.1. The van der Waals surface area contributed by atoms with Crippen LogP contribution in [0.5, 0.6) is 0 Å². The predicted octanol–water partition coefficient (Wildman–Crippen LogP) is 3.71. The number of amides is 1. The van der Waals surface area contributed by atoms with Crippen LogP contribution in [0.25, 0.3) is 0 Å². The van der Waals surface area contributed by atoms with E-state index in [1.54, 1.807) is 41.3 Å². The standard InChI is InChI=1S/C24H23FN2O5S2/c25-22-11-4-5-12-23(22)34(31,32)26-19-8-6-7-18(17-19)24(28)27-15-13-21(14-16-27)33(29,30)20-9-2-1-3-10-20/h1-12,17,21,26H,13-16H2. The second kappa shape index (κ2) is 9.55. The highest BCUT2D eigenvalue weighted by Gasteiger charge is 2.33. The van der Waals surface area contributed by atoms with E-state index in [4.69, 9.17) is 0 Å². The first-order chi connectivity index (χ1) is 16.2. The van der Waals surface area contributed by atoms with E-state index < -0.39 is 35.8 Å². The molecule has 1 aliphatic heterocycles. The fourth-order valence-corrected chi connectivity index (χ4v) is 6.83. The van der Waals surface area contributed by atoms with E-state index in [1.165, 1.54) is 30.3 Å². The monoisotopic (exact) mass is 502 g/mol. The number of anilines is 1. The molecule has 0 unspecified atom stereocenters. The summed E-state index contributed by atoms with van der Waals surface area (Å²) in [5.41, 5.74) is 0.369. The van der Waals surface area contributed by atoms with Gasteiger partial charge in [0.05, 0.1) is 10.1 Å². The average Bonchev–Trinajstić information content (AvgIpc) is 2.84. The Balaban J connectivity index is 1.45. The summed E-state index contributed by atoms with van der Waals surface area (Å²) in [6, 6.07) is 19.2. The van der Waals surface area contributed by atoms with Gasteiger partial charge in [-0.25, -0.2) is 21.2 Å². The number of sulfonamides is 1. The van der Waals surface area contributed by atoms with Gasteiger partial charge in [0.1, 0.15) is 10.7 Å². The number of halogens is 1. The Hall–Kier alpha value is -3.24. The number of sulfone groups is 1. The van der Waals surface area contributed by atoms with Crippen LogP contribution in [-0.2, 0) is 19.9 Å². The van der Waals surface area contributed by atoms with Crippen molar-refractivity contribution in [1.29, 1.82) is 0 Å². The number of nitrogens with one attached hydrogen (secondary N) is 1. The van der Waals surface area contributed by atoms with Crippen molar-refractivity contribution in [1.82, 2.24) is 4.90 Å². The molecule has 1 aliphatic rings. The van der Waals surface area contributed by atoms with Crippen molar-refractivity contribution in [3.05, 3.63) is 90.2 Å². The molecule has 3 aromatic carbocycles. The van der Waals surface area contributed by atoms with Gasteiger partial charge in [-0.05, 0) is 55.3 Å². The van der Waals surface area contributed by atoms with E-state index in [0.717, 1.165) is 12.1 Å². The van der Waals surface area contributed by atoms with Crippen molar-refractivity contribution >= 4 is 31.5 Å². The Bertz CT molecular complexity index is 1400. The fourth-order valence-electron chi connectivity index (χ4n) is 3.94. The highest BCUT2D eigenvalue weighted by atomic mass is 32.2. The summed E-state index contributed by atoms with van der Waals surface area (Å²) in [7, 11) is -7.66. The van der Waals surface area contributed by atoms with Gasteiger partial charge >= 0.3 is 0 Å². The number of carbonyl (C=O) groups is 1. The second-order valence-corrected chi connectivity index (χ2v) is 11.8. The summed E-state index contributed by atoms with van der Waals surface area (Å²) in [6.07, 6.45) is 0.616. The SMILES string of the molecule is O=C(c1cccc(NS(=O)(=O)c2ccccc2F)c1)N1CCC(S(=O)(=O)c2ccccc2)CC1. The molecule has 0 atom stereocenters. The topological polar surface area (TPSA) is 101 Å². The van der Waals surface area contributed by atoms with Gasteiger partial charge in [0.15, 0.2) is 9.84 Å². The molecular weight excluding hydrogens is 479 g/mol. The highest BCUT2D eigenvalue weighted by Crippen LogP contribution is 2.26. The third-order valence-corrected chi connectivity index (χ3v) is 9.42. The molecule has 1 amide bonds. The van der Waals surface area contributed by atoms with Crippen molar-refractivity contribution in [2.24, 2.45) is 0 Å². The zero-order chi connectivity index (χ0) is 24.3. The van der Waals surface area contributed by atoms with Gasteiger partial charge in [-0.15, -0.1) is 0 Å². The number of carbonyl (C=O) groups excluding carboxylic acids is 1. The van der Waals surface area contributed by atoms with Crippen molar-refractivity contribution in [3.63, 3.8) is 0 Å². The lowest BCUT2D eigenvalue weighted by Crippen LogP contribution is -2.42. The molecule has 0 aliphatic carbocycles. The van der Waals surface area contributed by atoms with Crippen LogP contribution in [0.15, 0.2) is 88.7 Å². The smallest absolute Gasteiger partial charge is 0.264 e. The number of rotatable bonds is 6. The number of hydrogen-bond acceptors (Lipinski definition) is 5. The number of likely N-dealkylation sites (tertiary alicyclic amines) is 1. The van der Waals surface area contributed by atoms with Gasteiger partial charge in [-0.2, -0.15) is 0 Å². The highest BCUT2D eigenvalue weighted by molar-refractivity contribution is 7.92. The summed E-state index contributed by atoms with van der Waals surface area (Å²) in [6.45, 7) is 0.529. The van der Waals surface area contributed by atoms with Gasteiger partial charge < -0.3 is 4.90 Å². The molecule has 0 radical (unpaired) electrons. The lowest BCUT2D eigenvalue weighted by molar-refractivity contribution is 0.0725. The summed E-state index contributed by atoms with van der Waals surface area (Å²) in [5, 5.41) is -0.571. The first-order valence-corrected chi connectivity index (χ1v) is 13.7. The number of benzene rings is 3. The van der Waals surface area contributed by atoms with Crippen LogP contribution in [-0.4, -0.2) is 46.0 Å². The molecule has 0 saturated carbocycles. The Labute approximate surface area is 198 Å². The van der Waals surface area contributed by atoms with Crippen LogP contribution >= 0.6 is 0 Å². The van der Waals surface area contributed by atoms with E-state index in [1.807, 2.05) is 0 Å². The zero-order valence-corrected chi connectivity index (χ0v) is 19.7. The molecule has 0 aromatic heterocycles. The van der Waals surface area contributed by atoms with Crippen LogP contribution in [0.2, 0.25) is 0 Å². The molecule has 1 saturated heterocycles. The number of hydrogen-bond donors (Lipinski definition) is 1. The Morgan fingerprint density at radius 3 is 2.18 bits per heavy atom. The number of nitrogens with zero attached hydrogens (tertiary/aromatic N) is 1. The molecule has 3 aromatic rings. The van der Waals surface area contributed by atoms with Gasteiger partial charge in [-0.1, -0.05) is 36.4 Å². The van der Waals surface area contributed by atoms with Crippen LogP contribution in [0.4, 0.5) is 10.1 Å². The zero-order valence-electron chi connectivity index (χ0n) is 18.1. The minimum Gasteiger partial charge on any atom is -0.339 e. The molecule has 4 rings (SSSR count). The summed E-state index contributed by atoms with van der Waals surface area (Å²) in [4.78, 5) is 14.3. The molecule has 0 spiro atoms. The second-order valence-electron chi connectivity index (χ2n) is 7.97. The fraction of sp³-hybridized carbons (Fsp3) is 0.208. The van der Waals surface area contributed by atoms with E-state index >= 15 is 0 Å². The van der Waals surface area contributed by atoms with Gasteiger partial charge in [0.25, 0.3) is 15.9 Å². The van der Waals surface area contributed by atoms with Crippen molar-refractivity contribution in [2.45, 2.75) is 27.9 Å². The molecule has 0 bridgehead atoms. The minimum absolute atomic E-state index is 0.121. The van der Waals surface area contributed by atoms with Gasteiger partial charge in [0, 0.05) is 24.3 Å². The van der Waals surface area contributed by atoms with E-state index in [-0.39, 0.29) is 35.1 Å². The predicted molar refractivity (Wildman–Crippen MR) is 126 cm³/mol. The molecule has 1 fully saturated rings. The Morgan fingerprint density at radius 2 is 1.50 bits per heavy atom. The average molecular weight is 503 g/mol. The summed E-state index contributed by atoms with van der Waals surface area (Å²) in [5.74, 6) is -1.21. The first-order valence-electron chi connectivity index (χ1n) is 10.6. The minimum atomic E-state index is -4.18. The lowest BCUT2D eigenvalue weighted by Gasteiger charge is -2.32. The van der Waals surface area contributed by atoms with Crippen LogP contribution in [0, 0.1) is 5.82 Å². The molecule has 1 N–H and O–H groups in total. The Morgan fingerprint density at radius 1 is 0.853 bits per heavy atom. The van der Waals surface area contributed by atoms with Crippen LogP contribution < -0.4 is 4.72 Å². The molecular formula is C24H23FN2O5S2. The lowest BCUT2D eigenvalue weighted by atomic mass is 10.1. The van der Waals surface area contributed by atoms with Crippen molar-refractivity contribution in [3.8, 4) is 0 Å². The molecule has 7 nitrogen and oxygen atoms in total. The largest absolute Gasteiger partial charge is 0.339 e. The van der Waals surface area contributed by atoms with Crippen LogP contribution in [0.1, 0.15) is 23.2 Å². The first kappa shape index (κ1) is 23.9. The van der Waals surface area contributed by atoms with Gasteiger partial charge in [-0.3, -0.25) is 9.52 Å². The molecule has 34 heavy (non-hydrogen) atoms. The molecule has 10 heteroatoms. The van der Waals surface area contributed by atoms with Crippen LogP contribution in [0.3, 0.4) is 0 Å². The maximum Gasteiger partial charge on any atom is 0.264 e. The third-order valence-electron chi connectivity index (χ3n) is 5.73. The number of piperidine rings is 1. The van der Waals surface area contributed by atoms with Crippen molar-refractivity contribution in [2.75, 3.05) is 17.8 Å². The van der Waals surface area contributed by atoms with Crippen molar-refractivity contribution < 1.29 is 26.0 Å². The summed E-state index contributed by atoms with van der Waals surface area (Å²) >= 11 is 0. The third kappa shape index (κ3) is 4.97. The van der Waals surface area contributed by atoms with E-state index in [0.29, 0.717) is 12.8 Å². The van der Waals surface area contributed by atoms with Gasteiger partial charge in [0.2, 0.25) is 0 Å². The maximum atomic E-state index is 13.9. The normalized spacial score (nSPS) is 15.1. The Kier molecular flexibility index (Phi) is 6.72.